The Morgan fingerprint density at radius 2 is 1.62 bits per heavy atom. The lowest BCUT2D eigenvalue weighted by molar-refractivity contribution is -0.149. The molecule has 1 unspecified atom stereocenters. The molecule has 2 amide bonds. The minimum atomic E-state index is -0.452. The summed E-state index contributed by atoms with van der Waals surface area (Å²) in [6.45, 7) is 6.73. The molecule has 4 fully saturated rings. The Morgan fingerprint density at radius 3 is 2.17 bits per heavy atom. The smallest absolute Gasteiger partial charge is 0.242 e. The molecule has 0 aromatic heterocycles. The number of hydrogen-bond acceptors (Lipinski definition) is 2. The van der Waals surface area contributed by atoms with Crippen LogP contribution in [0.25, 0.3) is 0 Å². The summed E-state index contributed by atoms with van der Waals surface area (Å²) in [5, 5.41) is 6.25. The van der Waals surface area contributed by atoms with Gasteiger partial charge in [-0.1, -0.05) is 38.1 Å². The van der Waals surface area contributed by atoms with Crippen LogP contribution in [-0.4, -0.2) is 24.4 Å². The second kappa shape index (κ2) is 8.12. The minimum Gasteiger partial charge on any atom is -0.354 e. The summed E-state index contributed by atoms with van der Waals surface area (Å²) in [5.41, 5.74) is 2.30. The van der Waals surface area contributed by atoms with E-state index < -0.39 is 6.04 Å². The van der Waals surface area contributed by atoms with Crippen LogP contribution >= 0.6 is 0 Å². The zero-order chi connectivity index (χ0) is 20.6. The first-order valence-corrected chi connectivity index (χ1v) is 11.5. The van der Waals surface area contributed by atoms with E-state index in [0.717, 1.165) is 43.4 Å². The largest absolute Gasteiger partial charge is 0.354 e. The number of carbonyl (C=O) groups is 2. The lowest BCUT2D eigenvalue weighted by Crippen LogP contribution is -2.58. The summed E-state index contributed by atoms with van der Waals surface area (Å²) in [6, 6.07) is 7.82. The van der Waals surface area contributed by atoms with Crippen LogP contribution in [-0.2, 0) is 16.0 Å². The van der Waals surface area contributed by atoms with Crippen LogP contribution < -0.4 is 10.6 Å². The second-order valence-corrected chi connectivity index (χ2v) is 10.4. The van der Waals surface area contributed by atoms with E-state index in [2.05, 4.69) is 29.7 Å². The predicted molar refractivity (Wildman–Crippen MR) is 115 cm³/mol. The number of aryl methyl sites for hydroxylation is 1. The molecule has 158 valence electrons. The molecule has 1 aromatic carbocycles. The Balaban J connectivity index is 1.36. The first kappa shape index (κ1) is 20.4. The summed E-state index contributed by atoms with van der Waals surface area (Å²) < 4.78 is 0. The van der Waals surface area contributed by atoms with Gasteiger partial charge in [0.2, 0.25) is 11.8 Å². The van der Waals surface area contributed by atoms with Gasteiger partial charge in [-0.2, -0.15) is 0 Å². The maximum Gasteiger partial charge on any atom is 0.242 e. The lowest BCUT2D eigenvalue weighted by atomic mass is 9.49. The Kier molecular flexibility index (Phi) is 5.72. The summed E-state index contributed by atoms with van der Waals surface area (Å²) in [4.78, 5) is 26.3. The number of nitrogens with one attached hydrogen (secondary N) is 2. The molecule has 4 nitrogen and oxygen atoms in total. The molecule has 29 heavy (non-hydrogen) atoms. The van der Waals surface area contributed by atoms with Gasteiger partial charge in [-0.05, 0) is 86.7 Å². The average molecular weight is 397 g/mol. The average Bonchev–Trinajstić information content (AvgIpc) is 2.66. The van der Waals surface area contributed by atoms with E-state index in [0.29, 0.717) is 6.54 Å². The SMILES string of the molecule is Cc1ccccc1CCNC(=O)C(NC(=O)C12CC3CC(CC(C3)C1)C2)C(C)C. The third kappa shape index (κ3) is 4.22. The molecule has 0 heterocycles. The zero-order valence-corrected chi connectivity index (χ0v) is 18.2. The van der Waals surface area contributed by atoms with E-state index in [9.17, 15) is 9.59 Å². The van der Waals surface area contributed by atoms with E-state index in [1.165, 1.54) is 30.4 Å². The van der Waals surface area contributed by atoms with Gasteiger partial charge in [-0.3, -0.25) is 9.59 Å². The Morgan fingerprint density at radius 1 is 1.03 bits per heavy atom. The van der Waals surface area contributed by atoms with Gasteiger partial charge in [0, 0.05) is 12.0 Å². The molecular weight excluding hydrogens is 360 g/mol. The molecule has 5 rings (SSSR count). The number of amides is 2. The Hall–Kier alpha value is -1.84. The maximum absolute atomic E-state index is 13.4. The van der Waals surface area contributed by atoms with Crippen LogP contribution in [0.15, 0.2) is 24.3 Å². The van der Waals surface area contributed by atoms with Crippen LogP contribution in [0, 0.1) is 36.0 Å². The molecule has 4 saturated carbocycles. The van der Waals surface area contributed by atoms with Gasteiger partial charge in [0.05, 0.1) is 0 Å². The van der Waals surface area contributed by atoms with Gasteiger partial charge in [-0.25, -0.2) is 0 Å². The van der Waals surface area contributed by atoms with Gasteiger partial charge in [0.15, 0.2) is 0 Å². The highest BCUT2D eigenvalue weighted by molar-refractivity contribution is 5.90. The fourth-order valence-corrected chi connectivity index (χ4v) is 6.54. The van der Waals surface area contributed by atoms with Crippen LogP contribution in [0.2, 0.25) is 0 Å². The van der Waals surface area contributed by atoms with Crippen molar-refractivity contribution >= 4 is 11.8 Å². The number of hydrogen-bond donors (Lipinski definition) is 2. The fourth-order valence-electron chi connectivity index (χ4n) is 6.54. The van der Waals surface area contributed by atoms with Gasteiger partial charge in [0.25, 0.3) is 0 Å². The third-order valence-corrected chi connectivity index (χ3v) is 7.71. The van der Waals surface area contributed by atoms with Gasteiger partial charge in [0.1, 0.15) is 6.04 Å². The molecule has 1 atom stereocenters. The second-order valence-electron chi connectivity index (χ2n) is 10.4. The van der Waals surface area contributed by atoms with Crippen molar-refractivity contribution in [2.75, 3.05) is 6.54 Å². The normalized spacial score (nSPS) is 31.0. The van der Waals surface area contributed by atoms with Crippen molar-refractivity contribution in [3.05, 3.63) is 35.4 Å². The van der Waals surface area contributed by atoms with Crippen molar-refractivity contribution in [1.29, 1.82) is 0 Å². The molecule has 4 heteroatoms. The molecule has 0 saturated heterocycles. The van der Waals surface area contributed by atoms with Crippen molar-refractivity contribution in [2.24, 2.45) is 29.1 Å². The van der Waals surface area contributed by atoms with E-state index in [1.807, 2.05) is 26.0 Å². The van der Waals surface area contributed by atoms with E-state index in [4.69, 9.17) is 0 Å². The number of carbonyl (C=O) groups excluding carboxylic acids is 2. The fraction of sp³-hybridized carbons (Fsp3) is 0.680. The molecule has 0 radical (unpaired) electrons. The van der Waals surface area contributed by atoms with Crippen molar-refractivity contribution in [2.45, 2.75) is 71.8 Å². The summed E-state index contributed by atoms with van der Waals surface area (Å²) in [7, 11) is 0. The number of rotatable bonds is 7. The molecule has 4 aliphatic rings. The quantitative estimate of drug-likeness (QED) is 0.732. The standard InChI is InChI=1S/C25H36N2O2/c1-16(2)22(23(28)26-9-8-21-7-5-4-6-17(21)3)27-24(29)25-13-18-10-19(14-25)12-20(11-18)15-25/h4-7,16,18-20,22H,8-15H2,1-3H3,(H,26,28)(H,27,29). The highest BCUT2D eigenvalue weighted by Crippen LogP contribution is 2.60. The Bertz CT molecular complexity index is 735. The number of benzene rings is 1. The molecule has 0 spiro atoms. The van der Waals surface area contributed by atoms with Crippen LogP contribution in [0.5, 0.6) is 0 Å². The lowest BCUT2D eigenvalue weighted by Gasteiger charge is -2.55. The van der Waals surface area contributed by atoms with Crippen molar-refractivity contribution in [3.63, 3.8) is 0 Å². The summed E-state index contributed by atoms with van der Waals surface area (Å²) in [5.74, 6) is 2.36. The minimum absolute atomic E-state index is 0.0494. The molecular formula is C25H36N2O2. The van der Waals surface area contributed by atoms with Gasteiger partial charge < -0.3 is 10.6 Å². The van der Waals surface area contributed by atoms with Crippen LogP contribution in [0.3, 0.4) is 0 Å². The van der Waals surface area contributed by atoms with Crippen LogP contribution in [0.4, 0.5) is 0 Å². The predicted octanol–water partition coefficient (Wildman–Crippen LogP) is 4.01. The van der Waals surface area contributed by atoms with Crippen LogP contribution in [0.1, 0.15) is 63.5 Å². The monoisotopic (exact) mass is 396 g/mol. The third-order valence-electron chi connectivity index (χ3n) is 7.71. The molecule has 4 aliphatic carbocycles. The molecule has 4 bridgehead atoms. The van der Waals surface area contributed by atoms with Gasteiger partial charge >= 0.3 is 0 Å². The van der Waals surface area contributed by atoms with E-state index in [-0.39, 0.29) is 23.1 Å². The van der Waals surface area contributed by atoms with Crippen molar-refractivity contribution in [3.8, 4) is 0 Å². The Labute approximate surface area is 175 Å². The molecule has 2 N–H and O–H groups in total. The highest BCUT2D eigenvalue weighted by atomic mass is 16.2. The first-order valence-electron chi connectivity index (χ1n) is 11.5. The topological polar surface area (TPSA) is 58.2 Å². The van der Waals surface area contributed by atoms with E-state index >= 15 is 0 Å². The first-order chi connectivity index (χ1) is 13.9. The molecule has 0 aliphatic heterocycles. The van der Waals surface area contributed by atoms with E-state index in [1.54, 1.807) is 0 Å². The maximum atomic E-state index is 13.4. The zero-order valence-electron chi connectivity index (χ0n) is 18.2. The summed E-state index contributed by atoms with van der Waals surface area (Å²) >= 11 is 0. The highest BCUT2D eigenvalue weighted by Gasteiger charge is 2.55. The van der Waals surface area contributed by atoms with Crippen molar-refractivity contribution in [1.82, 2.24) is 10.6 Å². The molecule has 1 aromatic rings. The van der Waals surface area contributed by atoms with Crippen molar-refractivity contribution < 1.29 is 9.59 Å². The summed E-state index contributed by atoms with van der Waals surface area (Å²) in [6.07, 6.45) is 7.87. The van der Waals surface area contributed by atoms with Gasteiger partial charge in [-0.15, -0.1) is 0 Å².